The molecule has 1 heterocycles. The Morgan fingerprint density at radius 3 is 2.67 bits per heavy atom. The van der Waals surface area contributed by atoms with Gasteiger partial charge in [-0.05, 0) is 37.0 Å². The molecule has 1 aliphatic heterocycles. The highest BCUT2D eigenvalue weighted by Crippen LogP contribution is 2.13. The molecule has 5 heteroatoms. The van der Waals surface area contributed by atoms with Crippen molar-refractivity contribution in [1.29, 1.82) is 0 Å². The van der Waals surface area contributed by atoms with Crippen molar-refractivity contribution in [2.45, 2.75) is 25.8 Å². The van der Waals surface area contributed by atoms with Crippen LogP contribution in [0.2, 0.25) is 0 Å². The van der Waals surface area contributed by atoms with Crippen LogP contribution >= 0.6 is 39.9 Å². The lowest BCUT2D eigenvalue weighted by Gasteiger charge is -2.27. The first-order valence-corrected chi connectivity index (χ1v) is 6.84. The van der Waals surface area contributed by atoms with Gasteiger partial charge in [0.2, 0.25) is 0 Å². The van der Waals surface area contributed by atoms with E-state index in [1.807, 2.05) is 12.1 Å². The number of nitrogens with zero attached hydrogens (tertiary/aromatic N) is 2. The number of likely N-dealkylation sites (tertiary alicyclic amines) is 1. The van der Waals surface area contributed by atoms with Crippen LogP contribution in [-0.4, -0.2) is 23.9 Å². The first kappa shape index (κ1) is 15.8. The Balaban J connectivity index is 0.00000162. The normalized spacial score (nSPS) is 16.3. The van der Waals surface area contributed by atoms with Gasteiger partial charge in [-0.15, -0.1) is 24.0 Å². The van der Waals surface area contributed by atoms with E-state index >= 15 is 0 Å². The van der Waals surface area contributed by atoms with E-state index in [0.29, 0.717) is 12.5 Å². The van der Waals surface area contributed by atoms with Gasteiger partial charge < -0.3 is 10.6 Å². The minimum absolute atomic E-state index is 0. The van der Waals surface area contributed by atoms with Crippen molar-refractivity contribution in [2.24, 2.45) is 10.7 Å². The van der Waals surface area contributed by atoms with Gasteiger partial charge in [0.15, 0.2) is 5.96 Å². The molecule has 1 aliphatic rings. The first-order valence-electron chi connectivity index (χ1n) is 6.05. The number of nitrogens with two attached hydrogens (primary N) is 1. The summed E-state index contributed by atoms with van der Waals surface area (Å²) in [7, 11) is 0. The third-order valence-electron chi connectivity index (χ3n) is 2.99. The lowest BCUT2D eigenvalue weighted by molar-refractivity contribution is 0.338. The van der Waals surface area contributed by atoms with Gasteiger partial charge in [-0.3, -0.25) is 0 Å². The van der Waals surface area contributed by atoms with E-state index in [-0.39, 0.29) is 24.0 Å². The zero-order chi connectivity index (χ0) is 12.1. The summed E-state index contributed by atoms with van der Waals surface area (Å²) in [6.07, 6.45) is 3.77. The predicted molar refractivity (Wildman–Crippen MR) is 90.3 cm³/mol. The zero-order valence-corrected chi connectivity index (χ0v) is 14.2. The van der Waals surface area contributed by atoms with Crippen LogP contribution in [0.3, 0.4) is 0 Å². The molecule has 18 heavy (non-hydrogen) atoms. The lowest BCUT2D eigenvalue weighted by atomic mass is 10.1. The maximum atomic E-state index is 6.00. The van der Waals surface area contributed by atoms with Crippen LogP contribution in [0.5, 0.6) is 0 Å². The molecule has 1 saturated heterocycles. The number of hydrogen-bond acceptors (Lipinski definition) is 1. The summed E-state index contributed by atoms with van der Waals surface area (Å²) in [5.41, 5.74) is 7.18. The molecular formula is C13H19BrIN3. The molecule has 1 aromatic rings. The monoisotopic (exact) mass is 423 g/mol. The van der Waals surface area contributed by atoms with E-state index in [1.54, 1.807) is 0 Å². The van der Waals surface area contributed by atoms with Gasteiger partial charge in [0.05, 0.1) is 6.54 Å². The topological polar surface area (TPSA) is 41.6 Å². The molecule has 0 aliphatic carbocycles. The summed E-state index contributed by atoms with van der Waals surface area (Å²) in [4.78, 5) is 6.64. The van der Waals surface area contributed by atoms with E-state index < -0.39 is 0 Å². The molecule has 0 saturated carbocycles. The number of halogens is 2. The Hall–Kier alpha value is -0.300. The highest BCUT2D eigenvalue weighted by molar-refractivity contribution is 14.0. The molecule has 1 aromatic carbocycles. The van der Waals surface area contributed by atoms with Crippen LogP contribution in [-0.2, 0) is 6.54 Å². The van der Waals surface area contributed by atoms with E-state index in [9.17, 15) is 0 Å². The molecule has 0 radical (unpaired) electrons. The number of aliphatic imine (C=N–C) groups is 1. The van der Waals surface area contributed by atoms with Gasteiger partial charge in [0, 0.05) is 17.6 Å². The van der Waals surface area contributed by atoms with Gasteiger partial charge in [0.1, 0.15) is 0 Å². The second-order valence-corrected chi connectivity index (χ2v) is 5.27. The summed E-state index contributed by atoms with van der Waals surface area (Å²) in [6.45, 7) is 2.75. The number of benzene rings is 1. The second kappa shape index (κ2) is 7.99. The number of hydrogen-bond donors (Lipinski definition) is 1. The summed E-state index contributed by atoms with van der Waals surface area (Å²) in [6, 6.07) is 8.18. The van der Waals surface area contributed by atoms with Gasteiger partial charge in [-0.25, -0.2) is 4.99 Å². The van der Waals surface area contributed by atoms with Crippen molar-refractivity contribution >= 4 is 45.9 Å². The Morgan fingerprint density at radius 1 is 1.28 bits per heavy atom. The van der Waals surface area contributed by atoms with Crippen LogP contribution in [0.25, 0.3) is 0 Å². The second-order valence-electron chi connectivity index (χ2n) is 4.35. The Kier molecular flexibility index (Phi) is 6.99. The van der Waals surface area contributed by atoms with Crippen molar-refractivity contribution in [3.8, 4) is 0 Å². The molecular weight excluding hydrogens is 405 g/mol. The van der Waals surface area contributed by atoms with Crippen LogP contribution in [0.15, 0.2) is 33.7 Å². The van der Waals surface area contributed by atoms with Crippen molar-refractivity contribution in [2.75, 3.05) is 13.1 Å². The largest absolute Gasteiger partial charge is 0.370 e. The van der Waals surface area contributed by atoms with Gasteiger partial charge in [0.25, 0.3) is 0 Å². The minimum atomic E-state index is 0. The van der Waals surface area contributed by atoms with Crippen LogP contribution in [0.1, 0.15) is 24.8 Å². The van der Waals surface area contributed by atoms with Crippen LogP contribution in [0, 0.1) is 0 Å². The van der Waals surface area contributed by atoms with Crippen molar-refractivity contribution in [3.63, 3.8) is 0 Å². The quantitative estimate of drug-likeness (QED) is 0.450. The molecule has 2 rings (SSSR count). The van der Waals surface area contributed by atoms with Gasteiger partial charge >= 0.3 is 0 Å². The van der Waals surface area contributed by atoms with Crippen LogP contribution < -0.4 is 5.73 Å². The molecule has 0 spiro atoms. The SMILES string of the molecule is I.NC(=NCc1cccc(Br)c1)N1CCCCC1. The highest BCUT2D eigenvalue weighted by Gasteiger charge is 2.11. The fraction of sp³-hybridized carbons (Fsp3) is 0.462. The van der Waals surface area contributed by atoms with Crippen molar-refractivity contribution in [1.82, 2.24) is 4.90 Å². The molecule has 0 bridgehead atoms. The Morgan fingerprint density at radius 2 is 2.00 bits per heavy atom. The molecule has 0 aromatic heterocycles. The van der Waals surface area contributed by atoms with Gasteiger partial charge in [-0.1, -0.05) is 28.1 Å². The maximum Gasteiger partial charge on any atom is 0.191 e. The van der Waals surface area contributed by atoms with E-state index in [2.05, 4.69) is 38.0 Å². The minimum Gasteiger partial charge on any atom is -0.370 e. The molecule has 0 unspecified atom stereocenters. The summed E-state index contributed by atoms with van der Waals surface area (Å²) >= 11 is 3.46. The first-order chi connectivity index (χ1) is 8.25. The molecule has 1 fully saturated rings. The third-order valence-corrected chi connectivity index (χ3v) is 3.49. The zero-order valence-electron chi connectivity index (χ0n) is 10.3. The summed E-state index contributed by atoms with van der Waals surface area (Å²) < 4.78 is 1.08. The standard InChI is InChI=1S/C13H18BrN3.HI/c14-12-6-4-5-11(9-12)10-16-13(15)17-7-2-1-3-8-17;/h4-6,9H,1-3,7-8,10H2,(H2,15,16);1H. The molecule has 100 valence electrons. The lowest BCUT2D eigenvalue weighted by Crippen LogP contribution is -2.40. The van der Waals surface area contributed by atoms with E-state index in [4.69, 9.17) is 5.73 Å². The molecule has 0 atom stereocenters. The molecule has 3 nitrogen and oxygen atoms in total. The van der Waals surface area contributed by atoms with Crippen molar-refractivity contribution in [3.05, 3.63) is 34.3 Å². The third kappa shape index (κ3) is 4.76. The average Bonchev–Trinajstić information content (AvgIpc) is 2.37. The van der Waals surface area contributed by atoms with E-state index in [0.717, 1.165) is 17.6 Å². The Labute approximate surface area is 134 Å². The average molecular weight is 424 g/mol. The smallest absolute Gasteiger partial charge is 0.191 e. The summed E-state index contributed by atoms with van der Waals surface area (Å²) in [5.74, 6) is 0.685. The predicted octanol–water partition coefficient (Wildman–Crippen LogP) is 3.37. The maximum absolute atomic E-state index is 6.00. The molecule has 0 amide bonds. The number of piperidine rings is 1. The van der Waals surface area contributed by atoms with Crippen LogP contribution in [0.4, 0.5) is 0 Å². The van der Waals surface area contributed by atoms with Crippen molar-refractivity contribution < 1.29 is 0 Å². The highest BCUT2D eigenvalue weighted by atomic mass is 127. The molecule has 2 N–H and O–H groups in total. The number of guanidine groups is 1. The summed E-state index contributed by atoms with van der Waals surface area (Å²) in [5, 5.41) is 0. The van der Waals surface area contributed by atoms with E-state index in [1.165, 1.54) is 24.8 Å². The van der Waals surface area contributed by atoms with Gasteiger partial charge in [-0.2, -0.15) is 0 Å². The Bertz CT molecular complexity index is 403. The fourth-order valence-electron chi connectivity index (χ4n) is 2.03. The fourth-order valence-corrected chi connectivity index (χ4v) is 2.48. The number of rotatable bonds is 2.